The van der Waals surface area contributed by atoms with Crippen molar-refractivity contribution in [2.24, 2.45) is 0 Å². The molecule has 1 atom stereocenters. The Balaban J connectivity index is 2.41. The van der Waals surface area contributed by atoms with Gasteiger partial charge in [-0.05, 0) is 18.2 Å². The van der Waals surface area contributed by atoms with Crippen molar-refractivity contribution in [3.8, 4) is 0 Å². The second-order valence-electron chi connectivity index (χ2n) is 4.18. The van der Waals surface area contributed by atoms with E-state index in [0.29, 0.717) is 16.3 Å². The molecule has 21 heavy (non-hydrogen) atoms. The van der Waals surface area contributed by atoms with Gasteiger partial charge in [-0.15, -0.1) is 0 Å². The lowest BCUT2D eigenvalue weighted by Gasteiger charge is -2.18. The minimum Gasteiger partial charge on any atom is -0.479 e. The highest BCUT2D eigenvalue weighted by molar-refractivity contribution is 6.44. The highest BCUT2D eigenvalue weighted by Gasteiger charge is 2.23. The zero-order valence-electron chi connectivity index (χ0n) is 10.4. The van der Waals surface area contributed by atoms with Crippen LogP contribution >= 0.6 is 46.4 Å². The second kappa shape index (κ2) is 6.75. The van der Waals surface area contributed by atoms with Crippen LogP contribution in [0.1, 0.15) is 11.6 Å². The summed E-state index contributed by atoms with van der Waals surface area (Å²) in [6, 6.07) is 8.52. The number of hydrogen-bond donors (Lipinski definition) is 2. The Hall–Kier alpha value is -1.13. The number of hydrogen-bond acceptors (Lipinski definition) is 2. The minimum atomic E-state index is -1.09. The average Bonchev–Trinajstić information content (AvgIpc) is 2.42. The highest BCUT2D eigenvalue weighted by Crippen LogP contribution is 2.35. The smallest absolute Gasteiger partial charge is 0.330 e. The van der Waals surface area contributed by atoms with Crippen LogP contribution in [0.5, 0.6) is 0 Å². The maximum atomic E-state index is 11.5. The summed E-state index contributed by atoms with van der Waals surface area (Å²) >= 11 is 23.9. The topological polar surface area (TPSA) is 49.3 Å². The van der Waals surface area contributed by atoms with Gasteiger partial charge in [0.15, 0.2) is 6.04 Å². The Morgan fingerprint density at radius 2 is 1.57 bits per heavy atom. The van der Waals surface area contributed by atoms with Gasteiger partial charge in [-0.25, -0.2) is 4.79 Å². The Labute approximate surface area is 141 Å². The van der Waals surface area contributed by atoms with E-state index in [-0.39, 0.29) is 15.1 Å². The van der Waals surface area contributed by atoms with E-state index in [1.807, 2.05) is 0 Å². The maximum Gasteiger partial charge on any atom is 0.330 e. The predicted molar refractivity (Wildman–Crippen MR) is 86.9 cm³/mol. The van der Waals surface area contributed by atoms with Crippen LogP contribution in [0.25, 0.3) is 0 Å². The highest BCUT2D eigenvalue weighted by atomic mass is 35.5. The second-order valence-corrected chi connectivity index (χ2v) is 5.81. The van der Waals surface area contributed by atoms with Gasteiger partial charge >= 0.3 is 5.97 Å². The van der Waals surface area contributed by atoms with E-state index in [2.05, 4.69) is 5.32 Å². The number of rotatable bonds is 4. The molecule has 0 fully saturated rings. The SMILES string of the molecule is O=C(O)C(Nc1cc(Cl)c(Cl)cc1Cl)c1ccccc1Cl. The zero-order chi connectivity index (χ0) is 15.6. The number of benzene rings is 2. The van der Waals surface area contributed by atoms with Gasteiger partial charge < -0.3 is 10.4 Å². The number of anilines is 1. The number of carbonyl (C=O) groups is 1. The molecule has 0 bridgehead atoms. The average molecular weight is 365 g/mol. The lowest BCUT2D eigenvalue weighted by molar-refractivity contribution is -0.138. The van der Waals surface area contributed by atoms with Crippen molar-refractivity contribution in [1.82, 2.24) is 0 Å². The van der Waals surface area contributed by atoms with E-state index in [9.17, 15) is 9.90 Å². The molecule has 0 spiro atoms. The predicted octanol–water partition coefficient (Wildman–Crippen LogP) is 5.54. The molecule has 2 N–H and O–H groups in total. The normalized spacial score (nSPS) is 12.0. The Bertz CT molecular complexity index is 691. The third kappa shape index (κ3) is 3.74. The van der Waals surface area contributed by atoms with Crippen molar-refractivity contribution in [3.05, 3.63) is 62.1 Å². The molecule has 0 aromatic heterocycles. The van der Waals surface area contributed by atoms with E-state index in [0.717, 1.165) is 0 Å². The Kier molecular flexibility index (Phi) is 5.22. The summed E-state index contributed by atoms with van der Waals surface area (Å²) in [7, 11) is 0. The molecule has 0 saturated carbocycles. The standard InChI is InChI=1S/C14H9Cl4NO2/c15-8-4-2-1-3-7(8)13(14(20)21)19-12-6-10(17)9(16)5-11(12)18/h1-6,13,19H,(H,20,21). The Morgan fingerprint density at radius 3 is 2.19 bits per heavy atom. The molecule has 0 aliphatic heterocycles. The van der Waals surface area contributed by atoms with Crippen LogP contribution in [-0.4, -0.2) is 11.1 Å². The monoisotopic (exact) mass is 363 g/mol. The zero-order valence-corrected chi connectivity index (χ0v) is 13.4. The van der Waals surface area contributed by atoms with E-state index in [1.165, 1.54) is 12.1 Å². The van der Waals surface area contributed by atoms with Crippen LogP contribution < -0.4 is 5.32 Å². The first kappa shape index (κ1) is 16.2. The van der Waals surface area contributed by atoms with Crippen molar-refractivity contribution in [2.45, 2.75) is 6.04 Å². The quantitative estimate of drug-likeness (QED) is 0.700. The molecular weight excluding hydrogens is 356 g/mol. The Morgan fingerprint density at radius 1 is 0.952 bits per heavy atom. The summed E-state index contributed by atoms with van der Waals surface area (Å²) in [5, 5.41) is 13.4. The maximum absolute atomic E-state index is 11.5. The summed E-state index contributed by atoms with van der Waals surface area (Å²) in [4.78, 5) is 11.5. The summed E-state index contributed by atoms with van der Waals surface area (Å²) in [5.41, 5.74) is 0.784. The van der Waals surface area contributed by atoms with Gasteiger partial charge in [0.05, 0.1) is 20.8 Å². The van der Waals surface area contributed by atoms with Gasteiger partial charge in [0, 0.05) is 10.6 Å². The molecule has 2 aromatic carbocycles. The number of halogens is 4. The largest absolute Gasteiger partial charge is 0.479 e. The van der Waals surface area contributed by atoms with Crippen molar-refractivity contribution in [3.63, 3.8) is 0 Å². The lowest BCUT2D eigenvalue weighted by Crippen LogP contribution is -2.21. The summed E-state index contributed by atoms with van der Waals surface area (Å²) in [6.45, 7) is 0. The fraction of sp³-hybridized carbons (Fsp3) is 0.0714. The van der Waals surface area contributed by atoms with Crippen LogP contribution in [0.15, 0.2) is 36.4 Å². The van der Waals surface area contributed by atoms with Gasteiger partial charge in [0.1, 0.15) is 0 Å². The molecule has 3 nitrogen and oxygen atoms in total. The van der Waals surface area contributed by atoms with Crippen LogP contribution in [-0.2, 0) is 4.79 Å². The van der Waals surface area contributed by atoms with Crippen molar-refractivity contribution >= 4 is 58.1 Å². The first-order valence-corrected chi connectivity index (χ1v) is 7.29. The summed E-state index contributed by atoms with van der Waals surface area (Å²) < 4.78 is 0. The first-order valence-electron chi connectivity index (χ1n) is 5.78. The molecule has 1 unspecified atom stereocenters. The molecule has 0 aliphatic carbocycles. The van der Waals surface area contributed by atoms with E-state index < -0.39 is 12.0 Å². The number of carboxylic acids is 1. The first-order chi connectivity index (χ1) is 9.90. The molecule has 0 aliphatic rings. The van der Waals surface area contributed by atoms with Crippen LogP contribution in [0, 0.1) is 0 Å². The number of nitrogens with one attached hydrogen (secondary N) is 1. The van der Waals surface area contributed by atoms with E-state index in [1.54, 1.807) is 24.3 Å². The lowest BCUT2D eigenvalue weighted by atomic mass is 10.1. The third-order valence-electron chi connectivity index (χ3n) is 2.77. The summed E-state index contributed by atoms with van der Waals surface area (Å²) in [5.74, 6) is -1.09. The van der Waals surface area contributed by atoms with Crippen LogP contribution in [0.4, 0.5) is 5.69 Å². The molecule has 110 valence electrons. The van der Waals surface area contributed by atoms with Crippen LogP contribution in [0.3, 0.4) is 0 Å². The van der Waals surface area contributed by atoms with E-state index >= 15 is 0 Å². The molecular formula is C14H9Cl4NO2. The van der Waals surface area contributed by atoms with Crippen molar-refractivity contribution in [2.75, 3.05) is 5.32 Å². The third-order valence-corrected chi connectivity index (χ3v) is 4.15. The van der Waals surface area contributed by atoms with Gasteiger partial charge in [0.2, 0.25) is 0 Å². The van der Waals surface area contributed by atoms with Crippen LogP contribution in [0.2, 0.25) is 20.1 Å². The molecule has 0 saturated heterocycles. The van der Waals surface area contributed by atoms with Gasteiger partial charge in [0.25, 0.3) is 0 Å². The molecule has 0 amide bonds. The van der Waals surface area contributed by atoms with Gasteiger partial charge in [-0.2, -0.15) is 0 Å². The molecule has 2 rings (SSSR count). The van der Waals surface area contributed by atoms with E-state index in [4.69, 9.17) is 46.4 Å². The molecule has 0 radical (unpaired) electrons. The van der Waals surface area contributed by atoms with Crippen molar-refractivity contribution < 1.29 is 9.90 Å². The molecule has 0 heterocycles. The fourth-order valence-corrected chi connectivity index (χ4v) is 2.62. The summed E-state index contributed by atoms with van der Waals surface area (Å²) in [6.07, 6.45) is 0. The fourth-order valence-electron chi connectivity index (χ4n) is 1.77. The molecule has 2 aromatic rings. The molecule has 7 heteroatoms. The minimum absolute atomic E-state index is 0.266. The number of aliphatic carboxylic acids is 1. The number of carboxylic acid groups (broad SMARTS) is 1. The van der Waals surface area contributed by atoms with Gasteiger partial charge in [-0.3, -0.25) is 0 Å². The van der Waals surface area contributed by atoms with Gasteiger partial charge in [-0.1, -0.05) is 64.6 Å². The van der Waals surface area contributed by atoms with Crippen molar-refractivity contribution in [1.29, 1.82) is 0 Å².